The minimum absolute atomic E-state index is 0.453. The van der Waals surface area contributed by atoms with Gasteiger partial charge in [0, 0.05) is 18.4 Å². The average Bonchev–Trinajstić information content (AvgIpc) is 3.27. The van der Waals surface area contributed by atoms with Gasteiger partial charge in [0.15, 0.2) is 5.82 Å². The maximum absolute atomic E-state index is 11.0. The summed E-state index contributed by atoms with van der Waals surface area (Å²) in [6.45, 7) is 2.61. The molecule has 0 spiro atoms. The van der Waals surface area contributed by atoms with E-state index in [4.69, 9.17) is 0 Å². The minimum Gasteiger partial charge on any atom is -0.387 e. The molecule has 1 N–H and O–H groups in total. The number of aliphatic hydroxyl groups is 1. The van der Waals surface area contributed by atoms with Crippen molar-refractivity contribution in [3.05, 3.63) is 54.9 Å². The summed E-state index contributed by atoms with van der Waals surface area (Å²) in [6, 6.07) is 10.0. The fourth-order valence-corrected chi connectivity index (χ4v) is 3.46. The summed E-state index contributed by atoms with van der Waals surface area (Å²) in [5.74, 6) is 0.871. The van der Waals surface area contributed by atoms with E-state index in [-0.39, 0.29) is 0 Å². The number of β-amino-alcohol motifs (C(OH)–C–C–N with tert-alkyl or cyclic N) is 1. The topological polar surface area (TPSA) is 84.9 Å². The highest BCUT2D eigenvalue weighted by Crippen LogP contribution is 2.24. The largest absolute Gasteiger partial charge is 0.387 e. The minimum atomic E-state index is -0.802. The highest BCUT2D eigenvalue weighted by Gasteiger charge is 2.34. The lowest BCUT2D eigenvalue weighted by Gasteiger charge is -2.38. The molecular weight excluding hydrogens is 318 g/mol. The van der Waals surface area contributed by atoms with Gasteiger partial charge in [-0.15, -0.1) is 15.3 Å². The molecule has 130 valence electrons. The molecule has 0 aliphatic carbocycles. The van der Waals surface area contributed by atoms with Crippen molar-refractivity contribution in [3.63, 3.8) is 0 Å². The van der Waals surface area contributed by atoms with Gasteiger partial charge in [0.2, 0.25) is 0 Å². The van der Waals surface area contributed by atoms with Gasteiger partial charge in [-0.05, 0) is 31.5 Å². The van der Waals surface area contributed by atoms with E-state index in [0.717, 1.165) is 30.9 Å². The van der Waals surface area contributed by atoms with Crippen LogP contribution in [-0.4, -0.2) is 58.5 Å². The molecule has 0 radical (unpaired) electrons. The van der Waals surface area contributed by atoms with E-state index in [0.29, 0.717) is 19.6 Å². The SMILES string of the molecule is O[C@]1(Cn2ccnn2)CCCN(Cc2nncn2-c2ccccc2)C1. The summed E-state index contributed by atoms with van der Waals surface area (Å²) in [4.78, 5) is 2.23. The molecule has 8 nitrogen and oxygen atoms in total. The zero-order chi connectivity index (χ0) is 17.1. The van der Waals surface area contributed by atoms with Gasteiger partial charge in [-0.25, -0.2) is 4.68 Å². The molecule has 1 fully saturated rings. The first-order valence-corrected chi connectivity index (χ1v) is 8.45. The Morgan fingerprint density at radius 2 is 2.04 bits per heavy atom. The number of benzene rings is 1. The van der Waals surface area contributed by atoms with Crippen molar-refractivity contribution in [2.75, 3.05) is 13.1 Å². The molecule has 1 aliphatic rings. The van der Waals surface area contributed by atoms with E-state index < -0.39 is 5.60 Å². The summed E-state index contributed by atoms with van der Waals surface area (Å²) in [5, 5.41) is 27.1. The van der Waals surface area contributed by atoms with Crippen molar-refractivity contribution in [1.29, 1.82) is 0 Å². The molecule has 0 unspecified atom stereocenters. The molecular formula is C17H21N7O. The van der Waals surface area contributed by atoms with Crippen LogP contribution in [0.2, 0.25) is 0 Å². The predicted octanol–water partition coefficient (Wildman–Crippen LogP) is 0.886. The van der Waals surface area contributed by atoms with Gasteiger partial charge >= 0.3 is 0 Å². The predicted molar refractivity (Wildman–Crippen MR) is 90.8 cm³/mol. The monoisotopic (exact) mass is 339 g/mol. The average molecular weight is 339 g/mol. The lowest BCUT2D eigenvalue weighted by molar-refractivity contribution is -0.0485. The maximum Gasteiger partial charge on any atom is 0.151 e. The van der Waals surface area contributed by atoms with Gasteiger partial charge in [0.05, 0.1) is 24.9 Å². The number of likely N-dealkylation sites (tertiary alicyclic amines) is 1. The molecule has 3 aromatic rings. The van der Waals surface area contributed by atoms with E-state index in [2.05, 4.69) is 25.4 Å². The van der Waals surface area contributed by atoms with Crippen molar-refractivity contribution in [1.82, 2.24) is 34.7 Å². The van der Waals surface area contributed by atoms with Crippen LogP contribution in [0.3, 0.4) is 0 Å². The highest BCUT2D eigenvalue weighted by molar-refractivity contribution is 5.31. The van der Waals surface area contributed by atoms with E-state index in [9.17, 15) is 5.11 Å². The van der Waals surface area contributed by atoms with Gasteiger partial charge in [-0.2, -0.15) is 0 Å². The zero-order valence-corrected chi connectivity index (χ0v) is 13.9. The van der Waals surface area contributed by atoms with Crippen molar-refractivity contribution in [3.8, 4) is 5.69 Å². The summed E-state index contributed by atoms with van der Waals surface area (Å²) >= 11 is 0. The first-order valence-electron chi connectivity index (χ1n) is 8.45. The van der Waals surface area contributed by atoms with Crippen LogP contribution >= 0.6 is 0 Å². The maximum atomic E-state index is 11.0. The van der Waals surface area contributed by atoms with Crippen molar-refractivity contribution < 1.29 is 5.11 Å². The van der Waals surface area contributed by atoms with Crippen LogP contribution in [0.5, 0.6) is 0 Å². The number of hydrogen-bond acceptors (Lipinski definition) is 6. The Hall–Kier alpha value is -2.58. The van der Waals surface area contributed by atoms with Crippen molar-refractivity contribution in [2.45, 2.75) is 31.5 Å². The van der Waals surface area contributed by atoms with Crippen molar-refractivity contribution in [2.24, 2.45) is 0 Å². The van der Waals surface area contributed by atoms with Gasteiger partial charge < -0.3 is 5.11 Å². The second-order valence-electron chi connectivity index (χ2n) is 6.59. The summed E-state index contributed by atoms with van der Waals surface area (Å²) < 4.78 is 3.68. The first-order chi connectivity index (χ1) is 12.2. The summed E-state index contributed by atoms with van der Waals surface area (Å²) in [5.41, 5.74) is 0.237. The molecule has 2 aromatic heterocycles. The first kappa shape index (κ1) is 15.9. The van der Waals surface area contributed by atoms with Gasteiger partial charge in [-0.3, -0.25) is 9.47 Å². The van der Waals surface area contributed by atoms with Crippen LogP contribution in [0.15, 0.2) is 49.1 Å². The third-order valence-corrected chi connectivity index (χ3v) is 4.58. The molecule has 1 aromatic carbocycles. The fraction of sp³-hybridized carbons (Fsp3) is 0.412. The number of piperidine rings is 1. The third kappa shape index (κ3) is 3.59. The normalized spacial score (nSPS) is 21.5. The van der Waals surface area contributed by atoms with Crippen molar-refractivity contribution >= 4 is 0 Å². The fourth-order valence-electron chi connectivity index (χ4n) is 3.46. The van der Waals surface area contributed by atoms with Crippen LogP contribution in [0.25, 0.3) is 5.69 Å². The Labute approximate surface area is 145 Å². The Kier molecular flexibility index (Phi) is 4.29. The van der Waals surface area contributed by atoms with Crippen LogP contribution in [-0.2, 0) is 13.1 Å². The Balaban J connectivity index is 1.47. The summed E-state index contributed by atoms with van der Waals surface area (Å²) in [7, 11) is 0. The molecule has 0 bridgehead atoms. The molecule has 1 atom stereocenters. The van der Waals surface area contributed by atoms with Crippen LogP contribution < -0.4 is 0 Å². The molecule has 3 heterocycles. The molecule has 0 saturated carbocycles. The lowest BCUT2D eigenvalue weighted by atomic mass is 9.93. The molecule has 0 amide bonds. The van der Waals surface area contributed by atoms with E-state index >= 15 is 0 Å². The number of nitrogens with zero attached hydrogens (tertiary/aromatic N) is 7. The molecule has 25 heavy (non-hydrogen) atoms. The van der Waals surface area contributed by atoms with E-state index in [1.54, 1.807) is 23.4 Å². The molecule has 8 heteroatoms. The quantitative estimate of drug-likeness (QED) is 0.743. The molecule has 1 saturated heterocycles. The summed E-state index contributed by atoms with van der Waals surface area (Å²) in [6.07, 6.45) is 6.84. The number of aromatic nitrogens is 6. The Bertz CT molecular complexity index is 802. The van der Waals surface area contributed by atoms with E-state index in [1.807, 2.05) is 34.9 Å². The van der Waals surface area contributed by atoms with Gasteiger partial charge in [0.25, 0.3) is 0 Å². The van der Waals surface area contributed by atoms with Crippen LogP contribution in [0.4, 0.5) is 0 Å². The van der Waals surface area contributed by atoms with Gasteiger partial charge in [0.1, 0.15) is 6.33 Å². The van der Waals surface area contributed by atoms with Crippen LogP contribution in [0, 0.1) is 0 Å². The zero-order valence-electron chi connectivity index (χ0n) is 13.9. The second-order valence-corrected chi connectivity index (χ2v) is 6.59. The second kappa shape index (κ2) is 6.73. The number of para-hydroxylation sites is 1. The standard InChI is InChI=1S/C17H21N7O/c25-17(13-23-10-8-18-21-23)7-4-9-22(12-17)11-16-20-19-14-24(16)15-5-2-1-3-6-15/h1-3,5-6,8,10,14,25H,4,7,9,11-13H2/t17-/m1/s1. The van der Waals surface area contributed by atoms with Crippen LogP contribution in [0.1, 0.15) is 18.7 Å². The molecule has 4 rings (SSSR count). The Morgan fingerprint density at radius 1 is 1.16 bits per heavy atom. The van der Waals surface area contributed by atoms with E-state index in [1.165, 1.54) is 0 Å². The number of rotatable bonds is 5. The third-order valence-electron chi connectivity index (χ3n) is 4.58. The van der Waals surface area contributed by atoms with Gasteiger partial charge in [-0.1, -0.05) is 23.4 Å². The Morgan fingerprint density at radius 3 is 2.84 bits per heavy atom. The smallest absolute Gasteiger partial charge is 0.151 e. The lowest BCUT2D eigenvalue weighted by Crippen LogP contribution is -2.50. The highest BCUT2D eigenvalue weighted by atomic mass is 16.3. The molecule has 1 aliphatic heterocycles. The number of hydrogen-bond donors (Lipinski definition) is 1.